The van der Waals surface area contributed by atoms with Crippen molar-refractivity contribution in [3.63, 3.8) is 0 Å². The van der Waals surface area contributed by atoms with Gasteiger partial charge < -0.3 is 10.4 Å². The van der Waals surface area contributed by atoms with Crippen molar-refractivity contribution in [1.82, 2.24) is 5.32 Å². The normalized spacial score (nSPS) is 12.5. The van der Waals surface area contributed by atoms with Crippen molar-refractivity contribution in [2.75, 3.05) is 11.5 Å². The van der Waals surface area contributed by atoms with E-state index in [0.717, 1.165) is 11.8 Å². The zero-order valence-corrected chi connectivity index (χ0v) is 12.6. The number of halogens is 3. The van der Waals surface area contributed by atoms with Crippen LogP contribution in [0.3, 0.4) is 0 Å². The first kappa shape index (κ1) is 19.0. The molecule has 0 bridgehead atoms. The van der Waals surface area contributed by atoms with Gasteiger partial charge in [-0.05, 0) is 0 Å². The minimum atomic E-state index is -4.70. The van der Waals surface area contributed by atoms with Crippen LogP contribution in [-0.2, 0) is 9.59 Å². The third kappa shape index (κ3) is 7.68. The third-order valence-electron chi connectivity index (χ3n) is 2.63. The number of hydrogen-bond donors (Lipinski definition) is 2. The average molecular weight is 349 g/mol. The number of rotatable bonds is 8. The highest BCUT2D eigenvalue weighted by atomic mass is 32.2. The van der Waals surface area contributed by atoms with Crippen LogP contribution in [0, 0.1) is 0 Å². The Hall–Kier alpha value is -2.03. The lowest BCUT2D eigenvalue weighted by atomic mass is 10.2. The summed E-state index contributed by atoms with van der Waals surface area (Å²) >= 11 is 0.900. The van der Waals surface area contributed by atoms with E-state index in [0.29, 0.717) is 5.56 Å². The Morgan fingerprint density at radius 2 is 1.74 bits per heavy atom. The first-order chi connectivity index (χ1) is 10.7. The maximum atomic E-state index is 12.2. The molecule has 0 heterocycles. The molecule has 1 atom stereocenters. The molecule has 1 aromatic rings. The monoisotopic (exact) mass is 349 g/mol. The number of alkyl halides is 3. The van der Waals surface area contributed by atoms with Crippen molar-refractivity contribution in [1.29, 1.82) is 0 Å². The summed E-state index contributed by atoms with van der Waals surface area (Å²) in [6, 6.07) is 6.27. The second-order valence-corrected chi connectivity index (χ2v) is 5.55. The smallest absolute Gasteiger partial charge is 0.391 e. The van der Waals surface area contributed by atoms with Crippen molar-refractivity contribution in [2.45, 2.75) is 18.6 Å². The summed E-state index contributed by atoms with van der Waals surface area (Å²) < 4.78 is 36.6. The summed E-state index contributed by atoms with van der Waals surface area (Å²) in [6.07, 6.45) is -6.35. The van der Waals surface area contributed by atoms with Crippen LogP contribution in [-0.4, -0.2) is 46.5 Å². The van der Waals surface area contributed by atoms with Crippen LogP contribution in [0.4, 0.5) is 13.2 Å². The first-order valence-corrected chi connectivity index (χ1v) is 7.59. The fourth-order valence-electron chi connectivity index (χ4n) is 1.61. The Bertz CT molecular complexity index is 563. The zero-order valence-electron chi connectivity index (χ0n) is 11.8. The van der Waals surface area contributed by atoms with Gasteiger partial charge in [-0.2, -0.15) is 13.2 Å². The van der Waals surface area contributed by atoms with Crippen molar-refractivity contribution in [3.8, 4) is 0 Å². The van der Waals surface area contributed by atoms with Crippen LogP contribution >= 0.6 is 11.8 Å². The Morgan fingerprint density at radius 3 is 2.26 bits per heavy atom. The van der Waals surface area contributed by atoms with E-state index in [-0.39, 0.29) is 17.3 Å². The van der Waals surface area contributed by atoms with E-state index >= 15 is 0 Å². The highest BCUT2D eigenvalue weighted by Gasteiger charge is 2.36. The number of aliphatic carboxylic acids is 1. The van der Waals surface area contributed by atoms with Gasteiger partial charge in [0.25, 0.3) is 0 Å². The van der Waals surface area contributed by atoms with Gasteiger partial charge >= 0.3 is 12.1 Å². The van der Waals surface area contributed by atoms with E-state index in [1.54, 1.807) is 35.6 Å². The molecule has 5 nitrogen and oxygen atoms in total. The molecule has 0 saturated heterocycles. The third-order valence-corrected chi connectivity index (χ3v) is 3.56. The molecule has 0 spiro atoms. The Labute approximate surface area is 134 Å². The number of Topliss-reactive ketones (excluding diaryl/α,β-unsaturated/α-hetero) is 1. The molecule has 0 aliphatic rings. The van der Waals surface area contributed by atoms with Crippen molar-refractivity contribution < 1.29 is 32.7 Å². The zero-order chi connectivity index (χ0) is 17.5. The molecule has 0 radical (unpaired) electrons. The number of carboxylic acid groups (broad SMARTS) is 1. The van der Waals surface area contributed by atoms with E-state index in [9.17, 15) is 27.6 Å². The maximum Gasteiger partial charge on any atom is 0.391 e. The molecule has 0 aliphatic carbocycles. The molecule has 1 unspecified atom stereocenters. The molecule has 0 saturated carbocycles. The predicted molar refractivity (Wildman–Crippen MR) is 78.3 cm³/mol. The van der Waals surface area contributed by atoms with Crippen LogP contribution in [0.1, 0.15) is 16.8 Å². The van der Waals surface area contributed by atoms with Crippen LogP contribution < -0.4 is 5.32 Å². The highest BCUT2D eigenvalue weighted by molar-refractivity contribution is 8.00. The summed E-state index contributed by atoms with van der Waals surface area (Å²) in [7, 11) is 0. The molecule has 126 valence electrons. The lowest BCUT2D eigenvalue weighted by Gasteiger charge is -2.16. The maximum absolute atomic E-state index is 12.2. The summed E-state index contributed by atoms with van der Waals surface area (Å²) in [4.78, 5) is 33.9. The van der Waals surface area contributed by atoms with Crippen LogP contribution in [0.5, 0.6) is 0 Å². The van der Waals surface area contributed by atoms with E-state index in [1.807, 2.05) is 0 Å². The molecule has 1 aromatic carbocycles. The number of thioether (sulfide) groups is 1. The minimum absolute atomic E-state index is 0.0333. The van der Waals surface area contributed by atoms with E-state index in [1.165, 1.54) is 0 Å². The van der Waals surface area contributed by atoms with Gasteiger partial charge in [0.1, 0.15) is 6.04 Å². The standard InChI is InChI=1S/C14H14F3NO4S/c15-14(16,17)6-10(13(21)22)18-12(20)8-23-7-11(19)9-4-2-1-3-5-9/h1-5,10H,6-8H2,(H,18,20)(H,21,22). The van der Waals surface area contributed by atoms with E-state index in [4.69, 9.17) is 5.11 Å². The van der Waals surface area contributed by atoms with E-state index < -0.39 is 30.5 Å². The highest BCUT2D eigenvalue weighted by Crippen LogP contribution is 2.21. The van der Waals surface area contributed by atoms with Crippen LogP contribution in [0.25, 0.3) is 0 Å². The average Bonchev–Trinajstić information content (AvgIpc) is 2.46. The van der Waals surface area contributed by atoms with Gasteiger partial charge in [0, 0.05) is 5.56 Å². The summed E-state index contributed by atoms with van der Waals surface area (Å²) in [6.45, 7) is 0. The second kappa shape index (κ2) is 8.56. The predicted octanol–water partition coefficient (Wildman–Crippen LogP) is 2.12. The van der Waals surface area contributed by atoms with E-state index in [2.05, 4.69) is 0 Å². The van der Waals surface area contributed by atoms with Gasteiger partial charge in [-0.25, -0.2) is 4.79 Å². The van der Waals surface area contributed by atoms with Gasteiger partial charge in [-0.15, -0.1) is 11.8 Å². The molecular formula is C14H14F3NO4S. The first-order valence-electron chi connectivity index (χ1n) is 6.44. The van der Waals surface area contributed by atoms with Gasteiger partial charge in [0.15, 0.2) is 5.78 Å². The fraction of sp³-hybridized carbons (Fsp3) is 0.357. The van der Waals surface area contributed by atoms with Crippen molar-refractivity contribution in [3.05, 3.63) is 35.9 Å². The summed E-state index contributed by atoms with van der Waals surface area (Å²) in [5.41, 5.74) is 0.459. The van der Waals surface area contributed by atoms with Crippen molar-refractivity contribution in [2.24, 2.45) is 0 Å². The molecular weight excluding hydrogens is 335 g/mol. The Morgan fingerprint density at radius 1 is 1.13 bits per heavy atom. The lowest BCUT2D eigenvalue weighted by molar-refractivity contribution is -0.159. The SMILES string of the molecule is O=C(CSCC(=O)c1ccccc1)NC(CC(F)(F)F)C(=O)O. The topological polar surface area (TPSA) is 83.5 Å². The number of ketones is 1. The fourth-order valence-corrected chi connectivity index (χ4v) is 2.33. The molecule has 1 amide bonds. The number of benzene rings is 1. The van der Waals surface area contributed by atoms with Gasteiger partial charge in [-0.1, -0.05) is 30.3 Å². The number of hydrogen-bond acceptors (Lipinski definition) is 4. The second-order valence-electron chi connectivity index (χ2n) is 4.56. The molecule has 0 fully saturated rings. The molecule has 23 heavy (non-hydrogen) atoms. The van der Waals surface area contributed by atoms with Crippen molar-refractivity contribution >= 4 is 29.4 Å². The number of amides is 1. The molecule has 0 aliphatic heterocycles. The molecule has 0 aromatic heterocycles. The quantitative estimate of drug-likeness (QED) is 0.703. The lowest BCUT2D eigenvalue weighted by Crippen LogP contribution is -2.44. The summed E-state index contributed by atoms with van der Waals surface area (Å²) in [5, 5.41) is 10.5. The van der Waals surface area contributed by atoms with Crippen LogP contribution in [0.2, 0.25) is 0 Å². The minimum Gasteiger partial charge on any atom is -0.480 e. The molecule has 1 rings (SSSR count). The van der Waals surface area contributed by atoms with Gasteiger partial charge in [0.2, 0.25) is 5.91 Å². The van der Waals surface area contributed by atoms with Gasteiger partial charge in [-0.3, -0.25) is 9.59 Å². The largest absolute Gasteiger partial charge is 0.480 e. The number of carboxylic acids is 1. The summed E-state index contributed by atoms with van der Waals surface area (Å²) in [5.74, 6) is -3.20. The molecule has 9 heteroatoms. The Balaban J connectivity index is 2.41. The Kier molecular flexibility index (Phi) is 7.08. The number of carbonyl (C=O) groups excluding carboxylic acids is 2. The number of nitrogens with one attached hydrogen (secondary N) is 1. The molecule has 2 N–H and O–H groups in total. The number of carbonyl (C=O) groups is 3. The van der Waals surface area contributed by atoms with Crippen LogP contribution in [0.15, 0.2) is 30.3 Å². The van der Waals surface area contributed by atoms with Gasteiger partial charge in [0.05, 0.1) is 17.9 Å².